The van der Waals surface area contributed by atoms with E-state index in [-0.39, 0.29) is 5.88 Å². The molecule has 0 saturated heterocycles. The Hall–Kier alpha value is -1.62. The van der Waals surface area contributed by atoms with E-state index in [9.17, 15) is 10.1 Å². The Kier molecular flexibility index (Phi) is 3.93. The molecule has 0 aliphatic heterocycles. The smallest absolute Gasteiger partial charge is 0.404 e. The lowest BCUT2D eigenvalue weighted by Gasteiger charge is -2.03. The average molecular weight is 236 g/mol. The summed E-state index contributed by atoms with van der Waals surface area (Å²) in [6, 6.07) is 3.02. The van der Waals surface area contributed by atoms with Crippen LogP contribution in [0.15, 0.2) is 28.2 Å². The van der Waals surface area contributed by atoms with E-state index in [2.05, 4.69) is 11.4 Å². The first-order valence-electron chi connectivity index (χ1n) is 5.87. The van der Waals surface area contributed by atoms with E-state index >= 15 is 0 Å². The van der Waals surface area contributed by atoms with Crippen LogP contribution in [-0.4, -0.2) is 11.5 Å². The molecule has 0 spiro atoms. The molecule has 0 unspecified atom stereocenters. The quantitative estimate of drug-likeness (QED) is 0.357. The lowest BCUT2D eigenvalue weighted by molar-refractivity contribution is -0.402. The fraction of sp³-hybridized carbons (Fsp3) is 0.500. The van der Waals surface area contributed by atoms with Crippen LogP contribution < -0.4 is 5.32 Å². The highest BCUT2D eigenvalue weighted by atomic mass is 16.6. The summed E-state index contributed by atoms with van der Waals surface area (Å²) in [6.45, 7) is 1.43. The maximum atomic E-state index is 10.4. The molecule has 1 aliphatic rings. The van der Waals surface area contributed by atoms with Gasteiger partial charge in [-0.2, -0.15) is 0 Å². The van der Waals surface area contributed by atoms with Crippen LogP contribution in [0.5, 0.6) is 0 Å². The van der Waals surface area contributed by atoms with Gasteiger partial charge in [0.1, 0.15) is 10.7 Å². The molecule has 0 radical (unpaired) electrons. The van der Waals surface area contributed by atoms with Gasteiger partial charge in [-0.25, -0.2) is 0 Å². The van der Waals surface area contributed by atoms with Crippen molar-refractivity contribution in [3.05, 3.63) is 39.7 Å². The summed E-state index contributed by atoms with van der Waals surface area (Å²) >= 11 is 0. The predicted octanol–water partition coefficient (Wildman–Crippen LogP) is 2.78. The molecular formula is C12H16N2O3. The van der Waals surface area contributed by atoms with Crippen LogP contribution in [0.1, 0.15) is 31.4 Å². The number of nitro groups is 1. The number of furan rings is 1. The second kappa shape index (κ2) is 5.63. The fourth-order valence-corrected chi connectivity index (χ4v) is 1.98. The second-order valence-corrected chi connectivity index (χ2v) is 4.18. The van der Waals surface area contributed by atoms with Crippen molar-refractivity contribution >= 4 is 5.88 Å². The molecule has 92 valence electrons. The molecule has 1 aromatic heterocycles. The fourth-order valence-electron chi connectivity index (χ4n) is 1.98. The van der Waals surface area contributed by atoms with Crippen molar-refractivity contribution in [2.45, 2.75) is 32.2 Å². The molecule has 2 rings (SSSR count). The van der Waals surface area contributed by atoms with E-state index < -0.39 is 4.92 Å². The Labute approximate surface area is 99.7 Å². The van der Waals surface area contributed by atoms with Gasteiger partial charge in [0.25, 0.3) is 0 Å². The summed E-state index contributed by atoms with van der Waals surface area (Å²) in [4.78, 5) is 9.88. The summed E-state index contributed by atoms with van der Waals surface area (Å²) in [6.07, 6.45) is 7.07. The van der Waals surface area contributed by atoms with Gasteiger partial charge >= 0.3 is 5.88 Å². The Morgan fingerprint density at radius 3 is 3.00 bits per heavy atom. The SMILES string of the molecule is O=[N+]([O-])c1ccc(CNCCC2=CCCC2)o1. The van der Waals surface area contributed by atoms with E-state index in [1.54, 1.807) is 6.07 Å². The Morgan fingerprint density at radius 2 is 2.35 bits per heavy atom. The minimum atomic E-state index is -0.521. The largest absolute Gasteiger partial charge is 0.433 e. The Bertz CT molecular complexity index is 423. The Balaban J connectivity index is 1.68. The second-order valence-electron chi connectivity index (χ2n) is 4.18. The lowest BCUT2D eigenvalue weighted by atomic mass is 10.2. The third kappa shape index (κ3) is 3.42. The third-order valence-electron chi connectivity index (χ3n) is 2.88. The van der Waals surface area contributed by atoms with E-state index in [4.69, 9.17) is 4.42 Å². The Morgan fingerprint density at radius 1 is 1.47 bits per heavy atom. The number of hydrogen-bond donors (Lipinski definition) is 1. The first-order valence-corrected chi connectivity index (χ1v) is 5.87. The van der Waals surface area contributed by atoms with Gasteiger partial charge in [-0.1, -0.05) is 11.6 Å². The highest BCUT2D eigenvalue weighted by Crippen LogP contribution is 2.20. The molecule has 1 aromatic rings. The average Bonchev–Trinajstić information content (AvgIpc) is 2.96. The molecule has 0 bridgehead atoms. The highest BCUT2D eigenvalue weighted by molar-refractivity contribution is 5.17. The van der Waals surface area contributed by atoms with E-state index in [0.717, 1.165) is 13.0 Å². The normalized spacial score (nSPS) is 14.9. The summed E-state index contributed by atoms with van der Waals surface area (Å²) in [5.41, 5.74) is 1.52. The molecule has 1 aliphatic carbocycles. The van der Waals surface area contributed by atoms with Crippen molar-refractivity contribution in [2.75, 3.05) is 6.54 Å². The molecule has 1 N–H and O–H groups in total. The molecular weight excluding hydrogens is 220 g/mol. The first kappa shape index (κ1) is 11.9. The minimum absolute atomic E-state index is 0.194. The lowest BCUT2D eigenvalue weighted by Crippen LogP contribution is -2.14. The van der Waals surface area contributed by atoms with Gasteiger partial charge in [0.05, 0.1) is 12.6 Å². The molecule has 0 amide bonds. The standard InChI is InChI=1S/C12H16N2O3/c15-14(16)12-6-5-11(17-12)9-13-8-7-10-3-1-2-4-10/h3,5-6,13H,1-2,4,7-9H2. The van der Waals surface area contributed by atoms with Crippen molar-refractivity contribution in [3.8, 4) is 0 Å². The van der Waals surface area contributed by atoms with Crippen LogP contribution >= 0.6 is 0 Å². The van der Waals surface area contributed by atoms with Crippen molar-refractivity contribution in [3.63, 3.8) is 0 Å². The summed E-state index contributed by atoms with van der Waals surface area (Å²) in [5.74, 6) is 0.414. The van der Waals surface area contributed by atoms with Crippen molar-refractivity contribution in [1.82, 2.24) is 5.32 Å². The van der Waals surface area contributed by atoms with Gasteiger partial charge in [0, 0.05) is 0 Å². The molecule has 0 atom stereocenters. The molecule has 0 aromatic carbocycles. The maximum Gasteiger partial charge on any atom is 0.433 e. The number of hydrogen-bond acceptors (Lipinski definition) is 4. The third-order valence-corrected chi connectivity index (χ3v) is 2.88. The van der Waals surface area contributed by atoms with Crippen molar-refractivity contribution in [2.24, 2.45) is 0 Å². The zero-order chi connectivity index (χ0) is 12.1. The summed E-state index contributed by atoms with van der Waals surface area (Å²) in [7, 11) is 0. The minimum Gasteiger partial charge on any atom is -0.404 e. The molecule has 0 saturated carbocycles. The molecule has 5 heteroatoms. The van der Waals surface area contributed by atoms with Crippen LogP contribution in [0.3, 0.4) is 0 Å². The van der Waals surface area contributed by atoms with Crippen LogP contribution in [0, 0.1) is 10.1 Å². The van der Waals surface area contributed by atoms with Crippen LogP contribution in [0.4, 0.5) is 5.88 Å². The number of allylic oxidation sites excluding steroid dienone is 1. The zero-order valence-electron chi connectivity index (χ0n) is 9.65. The zero-order valence-corrected chi connectivity index (χ0v) is 9.65. The van der Waals surface area contributed by atoms with Gasteiger partial charge in [-0.3, -0.25) is 10.1 Å². The van der Waals surface area contributed by atoms with Crippen molar-refractivity contribution < 1.29 is 9.34 Å². The molecule has 17 heavy (non-hydrogen) atoms. The molecule has 0 fully saturated rings. The number of rotatable bonds is 6. The van der Waals surface area contributed by atoms with Crippen molar-refractivity contribution in [1.29, 1.82) is 0 Å². The van der Waals surface area contributed by atoms with Crippen LogP contribution in [-0.2, 0) is 6.54 Å². The van der Waals surface area contributed by atoms with Crippen LogP contribution in [0.2, 0.25) is 0 Å². The van der Waals surface area contributed by atoms with Crippen LogP contribution in [0.25, 0.3) is 0 Å². The summed E-state index contributed by atoms with van der Waals surface area (Å²) in [5, 5.41) is 13.6. The van der Waals surface area contributed by atoms with Gasteiger partial charge < -0.3 is 9.73 Å². The van der Waals surface area contributed by atoms with Gasteiger partial charge in [-0.15, -0.1) is 0 Å². The van der Waals surface area contributed by atoms with E-state index in [1.165, 1.54) is 30.9 Å². The van der Waals surface area contributed by atoms with Gasteiger partial charge in [0.15, 0.2) is 0 Å². The van der Waals surface area contributed by atoms with E-state index in [1.807, 2.05) is 0 Å². The van der Waals surface area contributed by atoms with Gasteiger partial charge in [0.2, 0.25) is 0 Å². The maximum absolute atomic E-state index is 10.4. The first-order chi connectivity index (χ1) is 8.25. The highest BCUT2D eigenvalue weighted by Gasteiger charge is 2.11. The number of nitrogens with one attached hydrogen (secondary N) is 1. The molecule has 1 heterocycles. The van der Waals surface area contributed by atoms with E-state index in [0.29, 0.717) is 12.3 Å². The topological polar surface area (TPSA) is 68.3 Å². The monoisotopic (exact) mass is 236 g/mol. The summed E-state index contributed by atoms with van der Waals surface area (Å²) < 4.78 is 5.04. The molecule has 5 nitrogen and oxygen atoms in total. The predicted molar refractivity (Wildman–Crippen MR) is 63.6 cm³/mol. The number of nitrogens with zero attached hydrogens (tertiary/aromatic N) is 1. The van der Waals surface area contributed by atoms with Gasteiger partial charge in [-0.05, 0) is 38.3 Å².